The molecule has 3 heteroatoms. The van der Waals surface area contributed by atoms with Crippen molar-refractivity contribution in [3.63, 3.8) is 0 Å². The third-order valence-electron chi connectivity index (χ3n) is 0.371. The molecule has 0 N–H and O–H groups in total. The summed E-state index contributed by atoms with van der Waals surface area (Å²) < 4.78 is 0.317. The first-order valence-corrected chi connectivity index (χ1v) is 4.73. The first-order chi connectivity index (χ1) is 3.27. The molecule has 0 atom stereocenters. The summed E-state index contributed by atoms with van der Waals surface area (Å²) >= 11 is 9.82. The Bertz CT molecular complexity index is 58.0. The van der Waals surface area contributed by atoms with E-state index in [0.29, 0.717) is 3.74 Å². The lowest BCUT2D eigenvalue weighted by Crippen LogP contribution is -1.72. The summed E-state index contributed by atoms with van der Waals surface area (Å²) in [7, 11) is 0. The van der Waals surface area contributed by atoms with Crippen LogP contribution in [-0.2, 0) is 0 Å². The van der Waals surface area contributed by atoms with E-state index in [0.717, 1.165) is 5.33 Å². The van der Waals surface area contributed by atoms with Crippen LogP contribution < -0.4 is 0 Å². The Balaban J connectivity index is 3.08. The zero-order valence-electron chi connectivity index (χ0n) is 3.57. The van der Waals surface area contributed by atoms with Gasteiger partial charge in [0, 0.05) is 5.33 Å². The van der Waals surface area contributed by atoms with Crippen LogP contribution >= 0.6 is 47.8 Å². The van der Waals surface area contributed by atoms with Crippen molar-refractivity contribution in [1.29, 1.82) is 0 Å². The van der Waals surface area contributed by atoms with Crippen molar-refractivity contribution in [2.75, 3.05) is 5.33 Å². The predicted molar refractivity (Wildman–Crippen MR) is 44.6 cm³/mol. The minimum atomic E-state index is 0.317. The molecule has 0 saturated carbocycles. The molecule has 0 aromatic rings. The van der Waals surface area contributed by atoms with Gasteiger partial charge < -0.3 is 0 Å². The molecule has 7 heavy (non-hydrogen) atoms. The van der Waals surface area contributed by atoms with Crippen LogP contribution in [0.15, 0.2) is 12.2 Å². The summed E-state index contributed by atoms with van der Waals surface area (Å²) in [6.07, 6.45) is 4.03. The molecule has 0 aromatic carbocycles. The maximum atomic E-state index is 3.28. The molecule has 0 aliphatic carbocycles. The van der Waals surface area contributed by atoms with Gasteiger partial charge in [-0.3, -0.25) is 0 Å². The highest BCUT2D eigenvalue weighted by Crippen LogP contribution is 2.08. The molecule has 0 radical (unpaired) electrons. The van der Waals surface area contributed by atoms with Crippen LogP contribution in [0.5, 0.6) is 0 Å². The minimum absolute atomic E-state index is 0.317. The summed E-state index contributed by atoms with van der Waals surface area (Å²) in [6.45, 7) is 0. The normalized spacial score (nSPS) is 11.4. The van der Waals surface area contributed by atoms with E-state index in [1.807, 2.05) is 12.2 Å². The second-order valence-electron chi connectivity index (χ2n) is 0.917. The Morgan fingerprint density at radius 1 is 1.43 bits per heavy atom. The van der Waals surface area contributed by atoms with Gasteiger partial charge in [-0.05, 0) is 0 Å². The van der Waals surface area contributed by atoms with E-state index in [1.165, 1.54) is 0 Å². The molecule has 0 spiro atoms. The highest BCUT2D eigenvalue weighted by atomic mass is 79.9. The van der Waals surface area contributed by atoms with Gasteiger partial charge in [-0.15, -0.1) is 0 Å². The zero-order valence-corrected chi connectivity index (χ0v) is 8.33. The second kappa shape index (κ2) is 5.32. The highest BCUT2D eigenvalue weighted by Gasteiger charge is 1.83. The SMILES string of the molecule is BrC/C=C/C(Br)Br. The molecule has 0 bridgehead atoms. The number of alkyl halides is 3. The standard InChI is InChI=1S/C4H5Br3/c5-3-1-2-4(6)7/h1-2,4H,3H2/b2-1+. The summed E-state index contributed by atoms with van der Waals surface area (Å²) in [5.74, 6) is 0. The fraction of sp³-hybridized carbons (Fsp3) is 0.500. The summed E-state index contributed by atoms with van der Waals surface area (Å²) in [5.41, 5.74) is 0. The summed E-state index contributed by atoms with van der Waals surface area (Å²) in [5, 5.41) is 0.917. The van der Waals surface area contributed by atoms with Gasteiger partial charge in [0.1, 0.15) is 0 Å². The summed E-state index contributed by atoms with van der Waals surface area (Å²) in [6, 6.07) is 0. The Morgan fingerprint density at radius 3 is 2.14 bits per heavy atom. The van der Waals surface area contributed by atoms with Crippen LogP contribution in [0, 0.1) is 0 Å². The minimum Gasteiger partial charge on any atom is -0.0883 e. The van der Waals surface area contributed by atoms with Gasteiger partial charge in [0.05, 0.1) is 3.74 Å². The number of halogens is 3. The summed E-state index contributed by atoms with van der Waals surface area (Å²) in [4.78, 5) is 0. The first-order valence-electron chi connectivity index (χ1n) is 1.78. The van der Waals surface area contributed by atoms with Crippen LogP contribution in [-0.4, -0.2) is 9.07 Å². The Labute approximate surface area is 68.7 Å². The molecule has 0 heterocycles. The lowest BCUT2D eigenvalue weighted by atomic mass is 10.6. The van der Waals surface area contributed by atoms with E-state index in [4.69, 9.17) is 0 Å². The van der Waals surface area contributed by atoms with E-state index in [9.17, 15) is 0 Å². The second-order valence-corrected chi connectivity index (χ2v) is 4.77. The molecule has 0 nitrogen and oxygen atoms in total. The number of rotatable bonds is 2. The third kappa shape index (κ3) is 7.18. The van der Waals surface area contributed by atoms with Crippen molar-refractivity contribution < 1.29 is 0 Å². The molecule has 0 aliphatic heterocycles. The van der Waals surface area contributed by atoms with Crippen molar-refractivity contribution in [2.24, 2.45) is 0 Å². The lowest BCUT2D eigenvalue weighted by molar-refractivity contribution is 1.66. The molecule has 0 saturated heterocycles. The van der Waals surface area contributed by atoms with Crippen LogP contribution in [0.3, 0.4) is 0 Å². The van der Waals surface area contributed by atoms with Gasteiger partial charge in [-0.25, -0.2) is 0 Å². The molecule has 0 aliphatic rings. The van der Waals surface area contributed by atoms with Gasteiger partial charge in [-0.1, -0.05) is 59.9 Å². The molecule has 42 valence electrons. The average molecular weight is 293 g/mol. The number of hydrogen-bond acceptors (Lipinski definition) is 0. The van der Waals surface area contributed by atoms with Gasteiger partial charge in [0.25, 0.3) is 0 Å². The van der Waals surface area contributed by atoms with Gasteiger partial charge in [0.2, 0.25) is 0 Å². The predicted octanol–water partition coefficient (Wildman–Crippen LogP) is 3.05. The molecule has 0 amide bonds. The van der Waals surface area contributed by atoms with E-state index in [2.05, 4.69) is 47.8 Å². The van der Waals surface area contributed by atoms with Crippen molar-refractivity contribution >= 4 is 47.8 Å². The molecule has 0 aromatic heterocycles. The van der Waals surface area contributed by atoms with Crippen molar-refractivity contribution in [3.05, 3.63) is 12.2 Å². The van der Waals surface area contributed by atoms with Crippen molar-refractivity contribution in [3.8, 4) is 0 Å². The maximum Gasteiger partial charge on any atom is 0.0877 e. The zero-order chi connectivity index (χ0) is 5.70. The first kappa shape index (κ1) is 8.18. The Kier molecular flexibility index (Phi) is 6.22. The average Bonchev–Trinajstić information content (AvgIpc) is 1.61. The largest absolute Gasteiger partial charge is 0.0883 e. The van der Waals surface area contributed by atoms with E-state index in [-0.39, 0.29) is 0 Å². The van der Waals surface area contributed by atoms with E-state index in [1.54, 1.807) is 0 Å². The smallest absolute Gasteiger partial charge is 0.0877 e. The molecular formula is C4H5Br3. The Morgan fingerprint density at radius 2 is 2.00 bits per heavy atom. The van der Waals surface area contributed by atoms with Crippen molar-refractivity contribution in [1.82, 2.24) is 0 Å². The van der Waals surface area contributed by atoms with Gasteiger partial charge in [-0.2, -0.15) is 0 Å². The van der Waals surface area contributed by atoms with Crippen LogP contribution in [0.25, 0.3) is 0 Å². The quantitative estimate of drug-likeness (QED) is 0.542. The molecular weight excluding hydrogens is 288 g/mol. The van der Waals surface area contributed by atoms with E-state index >= 15 is 0 Å². The third-order valence-corrected chi connectivity index (χ3v) is 1.35. The fourth-order valence-electron chi connectivity index (χ4n) is 0.154. The molecule has 0 fully saturated rings. The van der Waals surface area contributed by atoms with Crippen LogP contribution in [0.2, 0.25) is 0 Å². The number of allylic oxidation sites excluding steroid dienone is 2. The maximum absolute atomic E-state index is 3.28. The Hall–Kier alpha value is 1.18. The van der Waals surface area contributed by atoms with Gasteiger partial charge >= 0.3 is 0 Å². The molecule has 0 rings (SSSR count). The van der Waals surface area contributed by atoms with Crippen LogP contribution in [0.4, 0.5) is 0 Å². The van der Waals surface area contributed by atoms with E-state index < -0.39 is 0 Å². The fourth-order valence-corrected chi connectivity index (χ4v) is 0.802. The lowest BCUT2D eigenvalue weighted by Gasteiger charge is -1.84. The van der Waals surface area contributed by atoms with Crippen LogP contribution in [0.1, 0.15) is 0 Å². The monoisotopic (exact) mass is 290 g/mol. The van der Waals surface area contributed by atoms with Crippen molar-refractivity contribution in [2.45, 2.75) is 3.74 Å². The van der Waals surface area contributed by atoms with Gasteiger partial charge in [0.15, 0.2) is 0 Å². The molecule has 0 unspecified atom stereocenters. The number of hydrogen-bond donors (Lipinski definition) is 0. The highest BCUT2D eigenvalue weighted by molar-refractivity contribution is 9.24. The topological polar surface area (TPSA) is 0 Å².